The molecule has 13 heteroatoms. The van der Waals surface area contributed by atoms with Crippen molar-refractivity contribution in [3.05, 3.63) is 44.6 Å². The lowest BCUT2D eigenvalue weighted by Gasteiger charge is -2.30. The van der Waals surface area contributed by atoms with Crippen molar-refractivity contribution < 1.29 is 35.5 Å². The van der Waals surface area contributed by atoms with Crippen LogP contribution in [-0.2, 0) is 20.0 Å². The molecule has 0 unspecified atom stereocenters. The maximum Gasteiger partial charge on any atom is 0.460 e. The molecule has 6 nitrogen and oxygen atoms in total. The Morgan fingerprint density at radius 2 is 1.53 bits per heavy atom. The first-order valence-electron chi connectivity index (χ1n) is 8.07. The number of aromatic nitrogens is 3. The number of fused-ring (bicyclic) bond motifs is 2. The van der Waals surface area contributed by atoms with Crippen LogP contribution in [0.5, 0.6) is 5.75 Å². The van der Waals surface area contributed by atoms with Crippen molar-refractivity contribution >= 4 is 21.9 Å². The molecule has 30 heavy (non-hydrogen) atoms. The molecule has 0 bridgehead atoms. The van der Waals surface area contributed by atoms with E-state index in [1.165, 1.54) is 6.07 Å². The van der Waals surface area contributed by atoms with E-state index in [1.54, 1.807) is 0 Å². The molecular formula is C17H12F7N3O3. The van der Waals surface area contributed by atoms with Crippen molar-refractivity contribution in [1.29, 1.82) is 0 Å². The average Bonchev–Trinajstić information content (AvgIpc) is 2.67. The summed E-state index contributed by atoms with van der Waals surface area (Å²) in [6, 6.07) is 3.31. The second-order valence-electron chi connectivity index (χ2n) is 6.39. The summed E-state index contributed by atoms with van der Waals surface area (Å²) >= 11 is 0. The molecule has 0 amide bonds. The van der Waals surface area contributed by atoms with Gasteiger partial charge in [0.05, 0.1) is 29.0 Å². The first-order valence-corrected chi connectivity index (χ1v) is 8.07. The van der Waals surface area contributed by atoms with Crippen LogP contribution in [0.1, 0.15) is 5.56 Å². The van der Waals surface area contributed by atoms with Gasteiger partial charge in [0.2, 0.25) is 0 Å². The number of aryl methyl sites for hydroxylation is 1. The standard InChI is InChI=1S/C17H12F7N3O3/c1-26-12-10(13(28)27(2)14(26)29)11(15(18,19)16(20,21)17(22,23)24)9-7(25-12)5-4-6-8(9)30-3/h4-6H,1-3H3. The molecule has 0 spiro atoms. The van der Waals surface area contributed by atoms with Crippen LogP contribution in [0.15, 0.2) is 27.8 Å². The summed E-state index contributed by atoms with van der Waals surface area (Å²) in [5.74, 6) is -13.0. The highest BCUT2D eigenvalue weighted by atomic mass is 19.4. The normalized spacial score (nSPS) is 13.3. The van der Waals surface area contributed by atoms with E-state index in [4.69, 9.17) is 4.74 Å². The highest BCUT2D eigenvalue weighted by Crippen LogP contribution is 2.54. The van der Waals surface area contributed by atoms with Crippen LogP contribution < -0.4 is 16.0 Å². The van der Waals surface area contributed by atoms with Gasteiger partial charge in [-0.2, -0.15) is 30.7 Å². The Balaban J connectivity index is 2.75. The zero-order valence-corrected chi connectivity index (χ0v) is 15.4. The smallest absolute Gasteiger partial charge is 0.460 e. The number of ether oxygens (including phenoxy) is 1. The summed E-state index contributed by atoms with van der Waals surface area (Å²) in [6.07, 6.45) is -6.65. The molecule has 0 saturated heterocycles. The highest BCUT2D eigenvalue weighted by Gasteiger charge is 2.74. The fraction of sp³-hybridized carbons (Fsp3) is 0.353. The van der Waals surface area contributed by atoms with E-state index in [2.05, 4.69) is 4.98 Å². The Hall–Kier alpha value is -3.12. The van der Waals surface area contributed by atoms with Gasteiger partial charge in [-0.15, -0.1) is 0 Å². The lowest BCUT2D eigenvalue weighted by atomic mass is 9.94. The summed E-state index contributed by atoms with van der Waals surface area (Å²) < 4.78 is 102. The molecule has 0 aliphatic heterocycles. The fourth-order valence-electron chi connectivity index (χ4n) is 3.11. The summed E-state index contributed by atoms with van der Waals surface area (Å²) in [6.45, 7) is 0. The summed E-state index contributed by atoms with van der Waals surface area (Å²) in [4.78, 5) is 28.6. The number of hydrogen-bond acceptors (Lipinski definition) is 4. The first kappa shape index (κ1) is 21.6. The molecule has 1 aromatic carbocycles. The van der Waals surface area contributed by atoms with E-state index in [1.807, 2.05) is 0 Å². The lowest BCUT2D eigenvalue weighted by molar-refractivity contribution is -0.358. The SMILES string of the molecule is COc1cccc2nc3c(c(C(F)(F)C(F)(F)C(F)(F)F)c12)c(=O)n(C)c(=O)n3C. The quantitative estimate of drug-likeness (QED) is 0.465. The summed E-state index contributed by atoms with van der Waals surface area (Å²) in [5, 5.41) is -2.16. The third-order valence-corrected chi connectivity index (χ3v) is 4.65. The van der Waals surface area contributed by atoms with Crippen molar-refractivity contribution in [1.82, 2.24) is 14.1 Å². The number of methoxy groups -OCH3 is 1. The number of pyridine rings is 1. The van der Waals surface area contributed by atoms with Gasteiger partial charge >= 0.3 is 23.7 Å². The predicted molar refractivity (Wildman–Crippen MR) is 91.2 cm³/mol. The first-order chi connectivity index (χ1) is 13.7. The summed E-state index contributed by atoms with van der Waals surface area (Å²) in [5.41, 5.74) is -5.74. The van der Waals surface area contributed by atoms with Crippen molar-refractivity contribution in [3.63, 3.8) is 0 Å². The fourth-order valence-corrected chi connectivity index (χ4v) is 3.11. The molecule has 2 heterocycles. The minimum Gasteiger partial charge on any atom is -0.496 e. The maximum absolute atomic E-state index is 15.0. The van der Waals surface area contributed by atoms with Gasteiger partial charge in [0.25, 0.3) is 5.56 Å². The Morgan fingerprint density at radius 1 is 0.933 bits per heavy atom. The molecule has 0 fully saturated rings. The van der Waals surface area contributed by atoms with Crippen LogP contribution >= 0.6 is 0 Å². The molecule has 3 aromatic rings. The van der Waals surface area contributed by atoms with Crippen molar-refractivity contribution in [2.75, 3.05) is 7.11 Å². The van der Waals surface area contributed by atoms with Gasteiger partial charge in [0.15, 0.2) is 5.65 Å². The van der Waals surface area contributed by atoms with Gasteiger partial charge in [0.1, 0.15) is 5.75 Å². The Bertz CT molecular complexity index is 1290. The number of rotatable bonds is 3. The molecule has 0 aliphatic rings. The van der Waals surface area contributed by atoms with Crippen LogP contribution in [0, 0.1) is 0 Å². The van der Waals surface area contributed by atoms with E-state index in [0.717, 1.165) is 33.3 Å². The van der Waals surface area contributed by atoms with Crippen molar-refractivity contribution in [2.24, 2.45) is 14.1 Å². The molecular weight excluding hydrogens is 427 g/mol. The Kier molecular flexibility index (Phi) is 4.63. The number of alkyl halides is 7. The maximum atomic E-state index is 15.0. The molecule has 0 radical (unpaired) electrons. The topological polar surface area (TPSA) is 66.1 Å². The van der Waals surface area contributed by atoms with Crippen molar-refractivity contribution in [3.8, 4) is 5.75 Å². The van der Waals surface area contributed by atoms with E-state index in [9.17, 15) is 40.3 Å². The minimum absolute atomic E-state index is 0.302. The van der Waals surface area contributed by atoms with Gasteiger partial charge in [-0.05, 0) is 12.1 Å². The zero-order valence-electron chi connectivity index (χ0n) is 15.4. The third-order valence-electron chi connectivity index (χ3n) is 4.65. The van der Waals surface area contributed by atoms with Crippen LogP contribution in [0.4, 0.5) is 30.7 Å². The Morgan fingerprint density at radius 3 is 2.07 bits per heavy atom. The van der Waals surface area contributed by atoms with E-state index >= 15 is 0 Å². The van der Waals surface area contributed by atoms with E-state index in [0.29, 0.717) is 9.13 Å². The average molecular weight is 439 g/mol. The van der Waals surface area contributed by atoms with Crippen LogP contribution in [0.3, 0.4) is 0 Å². The van der Waals surface area contributed by atoms with Crippen LogP contribution in [0.25, 0.3) is 21.9 Å². The predicted octanol–water partition coefficient (Wildman–Crippen LogP) is 3.08. The third kappa shape index (κ3) is 2.67. The molecule has 2 aromatic heterocycles. The monoisotopic (exact) mass is 439 g/mol. The molecule has 0 atom stereocenters. The zero-order chi connectivity index (χ0) is 22.8. The van der Waals surface area contributed by atoms with E-state index in [-0.39, 0.29) is 0 Å². The van der Waals surface area contributed by atoms with Gasteiger partial charge < -0.3 is 4.74 Å². The summed E-state index contributed by atoms with van der Waals surface area (Å²) in [7, 11) is 2.84. The van der Waals surface area contributed by atoms with Crippen LogP contribution in [-0.4, -0.2) is 33.3 Å². The Labute approximate surface area is 162 Å². The number of benzene rings is 1. The minimum atomic E-state index is -6.65. The van der Waals surface area contributed by atoms with Crippen LogP contribution in [0.2, 0.25) is 0 Å². The van der Waals surface area contributed by atoms with Crippen molar-refractivity contribution in [2.45, 2.75) is 18.0 Å². The van der Waals surface area contributed by atoms with Gasteiger partial charge in [-0.3, -0.25) is 13.9 Å². The van der Waals surface area contributed by atoms with Gasteiger partial charge in [0, 0.05) is 14.1 Å². The van der Waals surface area contributed by atoms with E-state index < -0.39 is 62.5 Å². The molecule has 162 valence electrons. The van der Waals surface area contributed by atoms with Gasteiger partial charge in [-0.25, -0.2) is 9.78 Å². The highest BCUT2D eigenvalue weighted by molar-refractivity contribution is 6.00. The molecule has 0 aliphatic carbocycles. The number of halogens is 7. The largest absolute Gasteiger partial charge is 0.496 e. The number of hydrogen-bond donors (Lipinski definition) is 0. The second kappa shape index (κ2) is 6.44. The second-order valence-corrected chi connectivity index (χ2v) is 6.39. The molecule has 3 rings (SSSR count). The van der Waals surface area contributed by atoms with Gasteiger partial charge in [-0.1, -0.05) is 6.07 Å². The lowest BCUT2D eigenvalue weighted by Crippen LogP contribution is -2.51. The molecule has 0 saturated carbocycles. The molecule has 0 N–H and O–H groups in total. The number of nitrogens with zero attached hydrogens (tertiary/aromatic N) is 3.